The van der Waals surface area contributed by atoms with Crippen LogP contribution in [0.5, 0.6) is 0 Å². The molecule has 0 spiro atoms. The number of carbonyl (C=O) groups excluding carboxylic acids is 2. The average molecular weight is 385 g/mol. The van der Waals surface area contributed by atoms with E-state index in [9.17, 15) is 18.0 Å². The lowest BCUT2D eigenvalue weighted by Gasteiger charge is -2.13. The Hall–Kier alpha value is -0.420. The van der Waals surface area contributed by atoms with E-state index < -0.39 is 30.0 Å². The van der Waals surface area contributed by atoms with Crippen LogP contribution in [0.2, 0.25) is 0 Å². The van der Waals surface area contributed by atoms with Gasteiger partial charge in [0.1, 0.15) is 0 Å². The van der Waals surface area contributed by atoms with Crippen LogP contribution < -0.4 is 10.6 Å². The van der Waals surface area contributed by atoms with Crippen molar-refractivity contribution in [3.05, 3.63) is 0 Å². The maximum atomic E-state index is 11.5. The van der Waals surface area contributed by atoms with E-state index in [1.165, 1.54) is 0 Å². The summed E-state index contributed by atoms with van der Waals surface area (Å²) < 4.78 is 21.4. The Morgan fingerprint density at radius 1 is 1.50 bits per heavy atom. The van der Waals surface area contributed by atoms with Crippen LogP contribution >= 0.6 is 46.6 Å². The summed E-state index contributed by atoms with van der Waals surface area (Å²) in [7, 11) is -3.85. The largest absolute Gasteiger partial charge is 0.434 e. The van der Waals surface area contributed by atoms with Crippen molar-refractivity contribution >= 4 is 73.4 Å². The molecular weight excluding hydrogens is 377 g/mol. The number of alkyl halides is 3. The molecule has 0 aromatic carbocycles. The minimum Gasteiger partial charge on any atom is -0.349 e. The fraction of sp³-hybridized carbons (Fsp3) is 0.571. The lowest BCUT2D eigenvalue weighted by atomic mass is 10.6. The molecule has 13 heteroatoms. The van der Waals surface area contributed by atoms with E-state index in [1.807, 2.05) is 0 Å². The molecule has 114 valence electrons. The number of sulfone groups is 1. The highest BCUT2D eigenvalue weighted by atomic mass is 35.6. The second-order valence-electron chi connectivity index (χ2n) is 3.26. The molecule has 0 atom stereocenters. The van der Waals surface area contributed by atoms with Crippen LogP contribution in [0.3, 0.4) is 0 Å². The number of hydrogen-bond donors (Lipinski definition) is 2. The van der Waals surface area contributed by atoms with Crippen LogP contribution in [0.4, 0.5) is 4.79 Å². The molecule has 2 N–H and O–H groups in total. The molecule has 0 unspecified atom stereocenters. The van der Waals surface area contributed by atoms with Crippen LogP contribution in [0.1, 0.15) is 0 Å². The zero-order valence-corrected chi connectivity index (χ0v) is 13.5. The standard InChI is InChI=1S/C7H8Cl3N3O5S2/c8-7(9,10)19-3-12-6(15)18-13-5-4(14)11-1-2-20(5,16)17/h1-3H2,(H,11,14)(H,12,15). The number of halogens is 3. The number of oxime groups is 1. The van der Waals surface area contributed by atoms with Gasteiger partial charge in [-0.15, -0.1) is 0 Å². The Balaban J connectivity index is 2.54. The quantitative estimate of drug-likeness (QED) is 0.318. The Kier molecular flexibility index (Phi) is 6.20. The molecule has 0 aromatic heterocycles. The van der Waals surface area contributed by atoms with Crippen molar-refractivity contribution in [2.24, 2.45) is 5.16 Å². The second kappa shape index (κ2) is 7.03. The fourth-order valence-electron chi connectivity index (χ4n) is 1.00. The van der Waals surface area contributed by atoms with Gasteiger partial charge in [-0.3, -0.25) is 9.63 Å². The van der Waals surface area contributed by atoms with Crippen molar-refractivity contribution in [3.63, 3.8) is 0 Å². The molecule has 2 amide bonds. The van der Waals surface area contributed by atoms with E-state index >= 15 is 0 Å². The molecule has 0 radical (unpaired) electrons. The lowest BCUT2D eigenvalue weighted by molar-refractivity contribution is -0.114. The number of nitrogens with zero attached hydrogens (tertiary/aromatic N) is 1. The SMILES string of the molecule is O=C(NCSC(Cl)(Cl)Cl)ON=C1C(=O)NCCS1(=O)=O. The van der Waals surface area contributed by atoms with E-state index in [1.54, 1.807) is 0 Å². The van der Waals surface area contributed by atoms with Crippen LogP contribution in [0.25, 0.3) is 0 Å². The number of rotatable bonds is 3. The topological polar surface area (TPSA) is 114 Å². The van der Waals surface area contributed by atoms with Gasteiger partial charge in [0.2, 0.25) is 13.0 Å². The molecule has 20 heavy (non-hydrogen) atoms. The minimum atomic E-state index is -3.85. The normalized spacial score (nSPS) is 20.4. The summed E-state index contributed by atoms with van der Waals surface area (Å²) in [6, 6.07) is 0. The number of thioether (sulfide) groups is 1. The van der Waals surface area contributed by atoms with Crippen LogP contribution in [-0.4, -0.2) is 46.8 Å². The van der Waals surface area contributed by atoms with E-state index in [2.05, 4.69) is 20.6 Å². The lowest BCUT2D eigenvalue weighted by Crippen LogP contribution is -2.46. The van der Waals surface area contributed by atoms with E-state index in [0.717, 1.165) is 11.8 Å². The summed E-state index contributed by atoms with van der Waals surface area (Å²) in [6.07, 6.45) is -1.09. The molecule has 0 aromatic rings. The smallest absolute Gasteiger partial charge is 0.349 e. The highest BCUT2D eigenvalue weighted by molar-refractivity contribution is 8.08. The molecule has 1 rings (SSSR count). The highest BCUT2D eigenvalue weighted by Gasteiger charge is 2.32. The Morgan fingerprint density at radius 2 is 2.15 bits per heavy atom. The number of carbonyl (C=O) groups is 2. The van der Waals surface area contributed by atoms with Crippen molar-refractivity contribution in [3.8, 4) is 0 Å². The molecule has 0 bridgehead atoms. The first-order chi connectivity index (χ1) is 9.12. The second-order valence-corrected chi connectivity index (χ2v) is 9.43. The molecule has 0 saturated carbocycles. The van der Waals surface area contributed by atoms with Gasteiger partial charge in [-0.2, -0.15) is 0 Å². The van der Waals surface area contributed by atoms with Gasteiger partial charge < -0.3 is 10.6 Å². The predicted molar refractivity (Wildman–Crippen MR) is 76.6 cm³/mol. The Bertz CT molecular complexity index is 530. The van der Waals surface area contributed by atoms with Gasteiger partial charge in [-0.05, 0) is 0 Å². The first-order valence-electron chi connectivity index (χ1n) is 4.86. The fourth-order valence-corrected chi connectivity index (χ4v) is 2.92. The molecule has 1 saturated heterocycles. The van der Waals surface area contributed by atoms with Crippen molar-refractivity contribution in [2.45, 2.75) is 3.12 Å². The molecule has 1 fully saturated rings. The summed E-state index contributed by atoms with van der Waals surface area (Å²) >= 11 is 17.0. The van der Waals surface area contributed by atoms with Crippen molar-refractivity contribution in [2.75, 3.05) is 18.2 Å². The molecular formula is C7H8Cl3N3O5S2. The van der Waals surface area contributed by atoms with Crippen molar-refractivity contribution < 1.29 is 22.8 Å². The third kappa shape index (κ3) is 5.92. The van der Waals surface area contributed by atoms with Gasteiger partial charge in [0.15, 0.2) is 0 Å². The van der Waals surface area contributed by atoms with Gasteiger partial charge in [0, 0.05) is 6.54 Å². The number of hydrogen-bond acceptors (Lipinski definition) is 7. The maximum Gasteiger partial charge on any atom is 0.434 e. The molecule has 1 heterocycles. The van der Waals surface area contributed by atoms with Crippen LogP contribution in [0, 0.1) is 0 Å². The summed E-state index contributed by atoms with van der Waals surface area (Å²) in [5.41, 5.74) is 0. The monoisotopic (exact) mass is 383 g/mol. The summed E-state index contributed by atoms with van der Waals surface area (Å²) in [4.78, 5) is 26.7. The van der Waals surface area contributed by atoms with Gasteiger partial charge >= 0.3 is 6.09 Å². The summed E-state index contributed by atoms with van der Waals surface area (Å²) in [6.45, 7) is -0.0216. The average Bonchev–Trinajstić information content (AvgIpc) is 2.25. The summed E-state index contributed by atoms with van der Waals surface area (Å²) in [5.74, 6) is -1.36. The third-order valence-corrected chi connectivity index (χ3v) is 5.00. The molecule has 1 aliphatic heterocycles. The number of nitrogens with one attached hydrogen (secondary N) is 2. The zero-order valence-electron chi connectivity index (χ0n) is 9.56. The minimum absolute atomic E-state index is 0.0216. The van der Waals surface area contributed by atoms with Gasteiger partial charge in [-0.1, -0.05) is 51.7 Å². The third-order valence-electron chi connectivity index (χ3n) is 1.81. The zero-order chi connectivity index (χ0) is 15.4. The van der Waals surface area contributed by atoms with Crippen molar-refractivity contribution in [1.82, 2.24) is 10.6 Å². The van der Waals surface area contributed by atoms with E-state index in [-0.39, 0.29) is 18.2 Å². The van der Waals surface area contributed by atoms with Crippen molar-refractivity contribution in [1.29, 1.82) is 0 Å². The van der Waals surface area contributed by atoms with Gasteiger partial charge in [-0.25, -0.2) is 13.2 Å². The predicted octanol–water partition coefficient (Wildman–Crippen LogP) is 0.589. The van der Waals surface area contributed by atoms with Gasteiger partial charge in [0.25, 0.3) is 11.0 Å². The Morgan fingerprint density at radius 3 is 2.70 bits per heavy atom. The Labute approximate surface area is 133 Å². The van der Waals surface area contributed by atoms with E-state index in [4.69, 9.17) is 34.8 Å². The maximum absolute atomic E-state index is 11.5. The first-order valence-corrected chi connectivity index (χ1v) is 8.63. The van der Waals surface area contributed by atoms with Crippen LogP contribution in [-0.2, 0) is 19.5 Å². The summed E-state index contributed by atoms with van der Waals surface area (Å²) in [5, 5.41) is 6.57. The molecule has 1 aliphatic rings. The highest BCUT2D eigenvalue weighted by Crippen LogP contribution is 2.37. The molecule has 0 aliphatic carbocycles. The van der Waals surface area contributed by atoms with Crippen LogP contribution in [0.15, 0.2) is 5.16 Å². The molecule has 8 nitrogen and oxygen atoms in total. The van der Waals surface area contributed by atoms with Gasteiger partial charge in [0.05, 0.1) is 11.6 Å². The first kappa shape index (κ1) is 17.6. The van der Waals surface area contributed by atoms with E-state index in [0.29, 0.717) is 0 Å². The number of amides is 2.